The molecule has 68 valence electrons. The highest BCUT2D eigenvalue weighted by Crippen LogP contribution is 2.26. The lowest BCUT2D eigenvalue weighted by Gasteiger charge is -2.06. The standard InChI is InChI=1S/C10H11ClN2/c1-6(2)8-3-7(11)4-9-10(8)13-5-12-9/h3-6H,1-2H3,(H,12,13). The van der Waals surface area contributed by atoms with Crippen molar-refractivity contribution in [2.75, 3.05) is 0 Å². The largest absolute Gasteiger partial charge is 0.345 e. The molecule has 2 aromatic rings. The van der Waals surface area contributed by atoms with Crippen molar-refractivity contribution >= 4 is 22.6 Å². The fraction of sp³-hybridized carbons (Fsp3) is 0.300. The maximum Gasteiger partial charge on any atom is 0.0932 e. The van der Waals surface area contributed by atoms with Crippen LogP contribution in [0.15, 0.2) is 18.5 Å². The van der Waals surface area contributed by atoms with Crippen LogP contribution in [0.2, 0.25) is 5.02 Å². The summed E-state index contributed by atoms with van der Waals surface area (Å²) in [6.45, 7) is 4.28. The van der Waals surface area contributed by atoms with E-state index in [1.165, 1.54) is 5.56 Å². The summed E-state index contributed by atoms with van der Waals surface area (Å²) in [5.41, 5.74) is 3.24. The predicted molar refractivity (Wildman–Crippen MR) is 55.2 cm³/mol. The molecule has 0 aliphatic carbocycles. The van der Waals surface area contributed by atoms with Gasteiger partial charge in [-0.15, -0.1) is 0 Å². The minimum atomic E-state index is 0.449. The van der Waals surface area contributed by atoms with E-state index in [9.17, 15) is 0 Å². The van der Waals surface area contributed by atoms with Crippen molar-refractivity contribution < 1.29 is 0 Å². The first kappa shape index (κ1) is 8.57. The van der Waals surface area contributed by atoms with Crippen LogP contribution >= 0.6 is 11.6 Å². The second kappa shape index (κ2) is 3.04. The zero-order valence-electron chi connectivity index (χ0n) is 7.63. The van der Waals surface area contributed by atoms with Crippen molar-refractivity contribution in [2.24, 2.45) is 0 Å². The molecule has 0 amide bonds. The molecule has 1 aromatic heterocycles. The van der Waals surface area contributed by atoms with E-state index in [1.807, 2.05) is 12.1 Å². The monoisotopic (exact) mass is 194 g/mol. The molecule has 0 atom stereocenters. The Balaban J connectivity index is 2.77. The first-order valence-corrected chi connectivity index (χ1v) is 4.69. The molecule has 2 rings (SSSR count). The number of halogens is 1. The molecule has 0 radical (unpaired) electrons. The summed E-state index contributed by atoms with van der Waals surface area (Å²) in [6, 6.07) is 3.88. The zero-order chi connectivity index (χ0) is 9.42. The third-order valence-electron chi connectivity index (χ3n) is 2.14. The van der Waals surface area contributed by atoms with Gasteiger partial charge < -0.3 is 4.98 Å². The van der Waals surface area contributed by atoms with Gasteiger partial charge in [0.2, 0.25) is 0 Å². The first-order valence-electron chi connectivity index (χ1n) is 4.31. The highest BCUT2D eigenvalue weighted by molar-refractivity contribution is 6.31. The predicted octanol–water partition coefficient (Wildman–Crippen LogP) is 3.34. The Morgan fingerprint density at radius 1 is 1.38 bits per heavy atom. The number of rotatable bonds is 1. The van der Waals surface area contributed by atoms with Crippen LogP contribution in [0.5, 0.6) is 0 Å². The van der Waals surface area contributed by atoms with E-state index in [4.69, 9.17) is 11.6 Å². The van der Waals surface area contributed by atoms with Crippen LogP contribution in [-0.2, 0) is 0 Å². The van der Waals surface area contributed by atoms with Crippen molar-refractivity contribution in [1.82, 2.24) is 9.97 Å². The SMILES string of the molecule is CC(C)c1cc(Cl)cc2[nH]cnc12. The molecule has 13 heavy (non-hydrogen) atoms. The second-order valence-corrected chi connectivity index (χ2v) is 3.88. The normalized spacial score (nSPS) is 11.4. The van der Waals surface area contributed by atoms with Crippen LogP contribution in [0.1, 0.15) is 25.3 Å². The third-order valence-corrected chi connectivity index (χ3v) is 2.36. The average Bonchev–Trinajstić information content (AvgIpc) is 2.49. The molecule has 1 N–H and O–H groups in total. The van der Waals surface area contributed by atoms with Crippen LogP contribution in [0.3, 0.4) is 0 Å². The zero-order valence-corrected chi connectivity index (χ0v) is 8.39. The van der Waals surface area contributed by atoms with Gasteiger partial charge in [0.05, 0.1) is 17.4 Å². The fourth-order valence-electron chi connectivity index (χ4n) is 1.48. The lowest BCUT2D eigenvalue weighted by atomic mass is 10.0. The second-order valence-electron chi connectivity index (χ2n) is 3.45. The van der Waals surface area contributed by atoms with Gasteiger partial charge in [-0.05, 0) is 23.6 Å². The molecule has 3 heteroatoms. The lowest BCUT2D eigenvalue weighted by molar-refractivity contribution is 0.873. The van der Waals surface area contributed by atoms with E-state index in [2.05, 4.69) is 23.8 Å². The summed E-state index contributed by atoms with van der Waals surface area (Å²) in [4.78, 5) is 7.33. The van der Waals surface area contributed by atoms with Gasteiger partial charge in [-0.3, -0.25) is 0 Å². The van der Waals surface area contributed by atoms with Crippen LogP contribution in [-0.4, -0.2) is 9.97 Å². The van der Waals surface area contributed by atoms with Crippen molar-refractivity contribution in [3.8, 4) is 0 Å². The maximum atomic E-state index is 5.98. The molecule has 2 nitrogen and oxygen atoms in total. The Morgan fingerprint density at radius 3 is 2.85 bits per heavy atom. The van der Waals surface area contributed by atoms with Gasteiger partial charge in [0.25, 0.3) is 0 Å². The van der Waals surface area contributed by atoms with Crippen LogP contribution in [0, 0.1) is 0 Å². The van der Waals surface area contributed by atoms with Gasteiger partial charge in [0.1, 0.15) is 0 Å². The fourth-order valence-corrected chi connectivity index (χ4v) is 1.71. The number of fused-ring (bicyclic) bond motifs is 1. The van der Waals surface area contributed by atoms with Crippen molar-refractivity contribution in [3.05, 3.63) is 29.0 Å². The molecule has 1 aromatic carbocycles. The van der Waals surface area contributed by atoms with Crippen LogP contribution in [0.25, 0.3) is 11.0 Å². The van der Waals surface area contributed by atoms with Gasteiger partial charge in [-0.25, -0.2) is 4.98 Å². The highest BCUT2D eigenvalue weighted by Gasteiger charge is 2.08. The van der Waals surface area contributed by atoms with E-state index in [1.54, 1.807) is 6.33 Å². The van der Waals surface area contributed by atoms with E-state index in [-0.39, 0.29) is 0 Å². The Morgan fingerprint density at radius 2 is 2.15 bits per heavy atom. The number of nitrogens with zero attached hydrogens (tertiary/aromatic N) is 1. The Bertz CT molecular complexity index is 431. The van der Waals surface area contributed by atoms with E-state index in [0.29, 0.717) is 5.92 Å². The number of H-pyrrole nitrogens is 1. The topological polar surface area (TPSA) is 28.7 Å². The van der Waals surface area contributed by atoms with Gasteiger partial charge in [-0.1, -0.05) is 25.4 Å². The summed E-state index contributed by atoms with van der Waals surface area (Å²) in [5.74, 6) is 0.449. The van der Waals surface area contributed by atoms with Gasteiger partial charge in [0, 0.05) is 5.02 Å². The Hall–Kier alpha value is -1.02. The molecule has 0 saturated heterocycles. The van der Waals surface area contributed by atoms with Gasteiger partial charge in [-0.2, -0.15) is 0 Å². The maximum absolute atomic E-state index is 5.98. The van der Waals surface area contributed by atoms with Crippen molar-refractivity contribution in [2.45, 2.75) is 19.8 Å². The van der Waals surface area contributed by atoms with Crippen LogP contribution < -0.4 is 0 Å². The molecule has 0 fully saturated rings. The number of benzene rings is 1. The van der Waals surface area contributed by atoms with E-state index < -0.39 is 0 Å². The minimum Gasteiger partial charge on any atom is -0.345 e. The van der Waals surface area contributed by atoms with E-state index >= 15 is 0 Å². The summed E-state index contributed by atoms with van der Waals surface area (Å²) in [6.07, 6.45) is 1.70. The number of hydrogen-bond acceptors (Lipinski definition) is 1. The first-order chi connectivity index (χ1) is 6.18. The summed E-state index contributed by atoms with van der Waals surface area (Å²) in [7, 11) is 0. The Labute approximate surface area is 81.9 Å². The quantitative estimate of drug-likeness (QED) is 0.741. The van der Waals surface area contributed by atoms with Crippen LogP contribution in [0.4, 0.5) is 0 Å². The smallest absolute Gasteiger partial charge is 0.0932 e. The van der Waals surface area contributed by atoms with E-state index in [0.717, 1.165) is 16.1 Å². The molecular weight excluding hydrogens is 184 g/mol. The van der Waals surface area contributed by atoms with Gasteiger partial charge in [0.15, 0.2) is 0 Å². The number of aromatic nitrogens is 2. The molecule has 0 aliphatic heterocycles. The highest BCUT2D eigenvalue weighted by atomic mass is 35.5. The number of aromatic amines is 1. The summed E-state index contributed by atoms with van der Waals surface area (Å²) >= 11 is 5.98. The van der Waals surface area contributed by atoms with Crippen molar-refractivity contribution in [3.63, 3.8) is 0 Å². The number of nitrogens with one attached hydrogen (secondary N) is 1. The van der Waals surface area contributed by atoms with Gasteiger partial charge >= 0.3 is 0 Å². The molecule has 1 heterocycles. The molecule has 0 aliphatic rings. The van der Waals surface area contributed by atoms with Crippen molar-refractivity contribution in [1.29, 1.82) is 0 Å². The molecule has 0 unspecified atom stereocenters. The molecule has 0 bridgehead atoms. The lowest BCUT2D eigenvalue weighted by Crippen LogP contribution is -1.89. The molecule has 0 saturated carbocycles. The Kier molecular flexibility index (Phi) is 2.00. The number of hydrogen-bond donors (Lipinski definition) is 1. The average molecular weight is 195 g/mol. The number of imidazole rings is 1. The molecule has 0 spiro atoms. The minimum absolute atomic E-state index is 0.449. The summed E-state index contributed by atoms with van der Waals surface area (Å²) < 4.78 is 0. The molecular formula is C10H11ClN2. The summed E-state index contributed by atoms with van der Waals surface area (Å²) in [5, 5.41) is 0.764. The third kappa shape index (κ3) is 1.42.